The van der Waals surface area contributed by atoms with Crippen LogP contribution in [0.2, 0.25) is 0 Å². The van der Waals surface area contributed by atoms with Crippen molar-refractivity contribution in [3.05, 3.63) is 53.9 Å². The van der Waals surface area contributed by atoms with E-state index in [0.717, 1.165) is 24.2 Å². The number of carboxylic acids is 1. The molecule has 1 amide bonds. The summed E-state index contributed by atoms with van der Waals surface area (Å²) in [6.45, 7) is 2.43. The SMILES string of the molecule is Cc1cccc(CC(O)C=C[C@H]2CCCC(=O)N2C/C=C\CCCC(=O)O)n1. The number of aliphatic hydroxyl groups is 1. The summed E-state index contributed by atoms with van der Waals surface area (Å²) in [7, 11) is 0. The summed E-state index contributed by atoms with van der Waals surface area (Å²) in [5.41, 5.74) is 1.77. The summed E-state index contributed by atoms with van der Waals surface area (Å²) in [4.78, 5) is 29.0. The quantitative estimate of drug-likeness (QED) is 0.476. The molecule has 6 heteroatoms. The summed E-state index contributed by atoms with van der Waals surface area (Å²) in [5.74, 6) is -0.671. The van der Waals surface area contributed by atoms with Gasteiger partial charge in [0.1, 0.15) is 0 Å². The van der Waals surface area contributed by atoms with Crippen molar-refractivity contribution in [1.82, 2.24) is 9.88 Å². The van der Waals surface area contributed by atoms with Gasteiger partial charge in [0.25, 0.3) is 0 Å². The lowest BCUT2D eigenvalue weighted by atomic mass is 10.00. The molecule has 1 aliphatic heterocycles. The van der Waals surface area contributed by atoms with Gasteiger partial charge >= 0.3 is 5.97 Å². The van der Waals surface area contributed by atoms with Crippen molar-refractivity contribution in [3.8, 4) is 0 Å². The van der Waals surface area contributed by atoms with Crippen molar-refractivity contribution in [1.29, 1.82) is 0 Å². The second-order valence-corrected chi connectivity index (χ2v) is 7.19. The van der Waals surface area contributed by atoms with Crippen LogP contribution in [0.5, 0.6) is 0 Å². The van der Waals surface area contributed by atoms with E-state index < -0.39 is 12.1 Å². The molecule has 1 fully saturated rings. The molecule has 1 aliphatic rings. The number of hydrogen-bond acceptors (Lipinski definition) is 4. The predicted molar refractivity (Wildman–Crippen MR) is 108 cm³/mol. The minimum Gasteiger partial charge on any atom is -0.481 e. The van der Waals surface area contributed by atoms with Gasteiger partial charge in [0.05, 0.1) is 12.1 Å². The fraction of sp³-hybridized carbons (Fsp3) is 0.500. The molecule has 0 saturated carbocycles. The molecule has 28 heavy (non-hydrogen) atoms. The molecule has 2 heterocycles. The van der Waals surface area contributed by atoms with Gasteiger partial charge in [0, 0.05) is 37.2 Å². The first-order valence-corrected chi connectivity index (χ1v) is 9.91. The molecule has 2 atom stereocenters. The van der Waals surface area contributed by atoms with Crippen LogP contribution in [0.15, 0.2) is 42.5 Å². The Morgan fingerprint density at radius 2 is 2.21 bits per heavy atom. The molecule has 1 aromatic rings. The minimum atomic E-state index is -0.788. The smallest absolute Gasteiger partial charge is 0.303 e. The van der Waals surface area contributed by atoms with E-state index in [4.69, 9.17) is 5.11 Å². The Morgan fingerprint density at radius 1 is 1.39 bits per heavy atom. The molecular formula is C22H30N2O4. The molecule has 0 spiro atoms. The number of carbonyl (C=O) groups is 2. The van der Waals surface area contributed by atoms with Gasteiger partial charge in [-0.15, -0.1) is 0 Å². The van der Waals surface area contributed by atoms with E-state index in [2.05, 4.69) is 4.98 Å². The van der Waals surface area contributed by atoms with Gasteiger partial charge in [-0.25, -0.2) is 0 Å². The maximum atomic E-state index is 12.3. The van der Waals surface area contributed by atoms with Crippen LogP contribution in [-0.4, -0.2) is 50.7 Å². The number of aliphatic hydroxyl groups excluding tert-OH is 1. The van der Waals surface area contributed by atoms with E-state index in [1.807, 2.05) is 48.3 Å². The third-order valence-corrected chi connectivity index (χ3v) is 4.76. The average molecular weight is 386 g/mol. The number of aryl methyl sites for hydroxylation is 1. The predicted octanol–water partition coefficient (Wildman–Crippen LogP) is 3.04. The molecule has 0 aliphatic carbocycles. The Labute approximate surface area is 166 Å². The monoisotopic (exact) mass is 386 g/mol. The number of carboxylic acid groups (broad SMARTS) is 1. The number of rotatable bonds is 10. The Kier molecular flexibility index (Phi) is 8.88. The topological polar surface area (TPSA) is 90.7 Å². The van der Waals surface area contributed by atoms with Crippen molar-refractivity contribution in [2.24, 2.45) is 0 Å². The lowest BCUT2D eigenvalue weighted by Gasteiger charge is -2.33. The summed E-state index contributed by atoms with van der Waals surface area (Å²) in [5, 5.41) is 18.9. The molecule has 2 rings (SSSR count). The van der Waals surface area contributed by atoms with Gasteiger partial charge in [-0.05, 0) is 44.7 Å². The Hall–Kier alpha value is -2.47. The molecular weight excluding hydrogens is 356 g/mol. The second kappa shape index (κ2) is 11.4. The zero-order valence-corrected chi connectivity index (χ0v) is 16.5. The average Bonchev–Trinajstić information content (AvgIpc) is 2.64. The Balaban J connectivity index is 1.87. The van der Waals surface area contributed by atoms with Gasteiger partial charge in [0.15, 0.2) is 0 Å². The molecule has 1 saturated heterocycles. The number of pyridine rings is 1. The molecule has 152 valence electrons. The van der Waals surface area contributed by atoms with Gasteiger partial charge in [-0.3, -0.25) is 14.6 Å². The number of nitrogens with zero attached hydrogens (tertiary/aromatic N) is 2. The standard InChI is InChI=1S/C22H30N2O4/c1-17-8-6-9-18(23-17)16-20(25)14-13-19-10-7-11-21(26)24(19)15-5-3-2-4-12-22(27)28/h3,5-6,8-9,13-14,19-20,25H,2,4,7,10-12,15-16H2,1H3,(H,27,28)/b5-3-,14-13?/t19-,20?/m1/s1. The van der Waals surface area contributed by atoms with Crippen LogP contribution in [0, 0.1) is 6.92 Å². The number of aromatic nitrogens is 1. The maximum Gasteiger partial charge on any atom is 0.303 e. The third-order valence-electron chi connectivity index (χ3n) is 4.76. The summed E-state index contributed by atoms with van der Waals surface area (Å²) >= 11 is 0. The highest BCUT2D eigenvalue weighted by atomic mass is 16.4. The largest absolute Gasteiger partial charge is 0.481 e. The fourth-order valence-corrected chi connectivity index (χ4v) is 3.31. The number of likely N-dealkylation sites (tertiary alicyclic amines) is 1. The summed E-state index contributed by atoms with van der Waals surface area (Å²) < 4.78 is 0. The van der Waals surface area contributed by atoms with Gasteiger partial charge < -0.3 is 15.1 Å². The zero-order chi connectivity index (χ0) is 20.4. The molecule has 0 aromatic carbocycles. The fourth-order valence-electron chi connectivity index (χ4n) is 3.31. The van der Waals surface area contributed by atoms with Crippen LogP contribution in [0.25, 0.3) is 0 Å². The van der Waals surface area contributed by atoms with Crippen molar-refractivity contribution in [2.45, 2.75) is 64.0 Å². The van der Waals surface area contributed by atoms with Crippen LogP contribution in [0.4, 0.5) is 0 Å². The van der Waals surface area contributed by atoms with Crippen LogP contribution in [0.3, 0.4) is 0 Å². The molecule has 2 N–H and O–H groups in total. The van der Waals surface area contributed by atoms with E-state index in [-0.39, 0.29) is 18.4 Å². The number of allylic oxidation sites excluding steroid dienone is 1. The Morgan fingerprint density at radius 3 is 2.96 bits per heavy atom. The number of amides is 1. The lowest BCUT2D eigenvalue weighted by molar-refractivity contribution is -0.137. The van der Waals surface area contributed by atoms with E-state index in [1.165, 1.54) is 0 Å². The van der Waals surface area contributed by atoms with Crippen molar-refractivity contribution >= 4 is 11.9 Å². The van der Waals surface area contributed by atoms with Gasteiger partial charge in [0.2, 0.25) is 5.91 Å². The van der Waals surface area contributed by atoms with Crippen molar-refractivity contribution in [2.75, 3.05) is 6.54 Å². The van der Waals surface area contributed by atoms with E-state index in [0.29, 0.717) is 32.2 Å². The summed E-state index contributed by atoms with van der Waals surface area (Å²) in [6.07, 6.45) is 11.1. The molecule has 0 radical (unpaired) electrons. The molecule has 1 unspecified atom stereocenters. The number of unbranched alkanes of at least 4 members (excludes halogenated alkanes) is 1. The number of piperidine rings is 1. The number of aliphatic carboxylic acids is 1. The normalized spacial score (nSPS) is 18.9. The highest BCUT2D eigenvalue weighted by Crippen LogP contribution is 2.20. The van der Waals surface area contributed by atoms with Crippen LogP contribution in [-0.2, 0) is 16.0 Å². The molecule has 6 nitrogen and oxygen atoms in total. The van der Waals surface area contributed by atoms with Gasteiger partial charge in [-0.2, -0.15) is 0 Å². The third kappa shape index (κ3) is 7.64. The van der Waals surface area contributed by atoms with Gasteiger partial charge in [-0.1, -0.05) is 30.4 Å². The van der Waals surface area contributed by atoms with Crippen LogP contribution >= 0.6 is 0 Å². The first kappa shape index (κ1) is 21.8. The van der Waals surface area contributed by atoms with E-state index in [9.17, 15) is 14.7 Å². The van der Waals surface area contributed by atoms with Crippen LogP contribution in [0.1, 0.15) is 49.9 Å². The molecule has 1 aromatic heterocycles. The summed E-state index contributed by atoms with van der Waals surface area (Å²) in [6, 6.07) is 5.73. The van der Waals surface area contributed by atoms with Crippen molar-refractivity contribution in [3.63, 3.8) is 0 Å². The highest BCUT2D eigenvalue weighted by molar-refractivity contribution is 5.77. The maximum absolute atomic E-state index is 12.3. The van der Waals surface area contributed by atoms with E-state index in [1.54, 1.807) is 6.08 Å². The molecule has 0 bridgehead atoms. The number of carbonyl (C=O) groups excluding carboxylic acids is 1. The first-order valence-electron chi connectivity index (χ1n) is 9.91. The van der Waals surface area contributed by atoms with E-state index >= 15 is 0 Å². The Bertz CT molecular complexity index is 714. The number of hydrogen-bond donors (Lipinski definition) is 2. The minimum absolute atomic E-state index is 0.0231. The first-order chi connectivity index (χ1) is 13.5. The van der Waals surface area contributed by atoms with Crippen LogP contribution < -0.4 is 0 Å². The lowest BCUT2D eigenvalue weighted by Crippen LogP contribution is -2.42. The zero-order valence-electron chi connectivity index (χ0n) is 16.5. The highest BCUT2D eigenvalue weighted by Gasteiger charge is 2.25. The van der Waals surface area contributed by atoms with Crippen molar-refractivity contribution < 1.29 is 19.8 Å². The second-order valence-electron chi connectivity index (χ2n) is 7.19.